The Labute approximate surface area is 118 Å². The third kappa shape index (κ3) is 4.73. The third-order valence-electron chi connectivity index (χ3n) is 3.27. The molecule has 3 N–H and O–H groups in total. The average Bonchev–Trinajstić information content (AvgIpc) is 2.30. The van der Waals surface area contributed by atoms with Gasteiger partial charge in [-0.15, -0.1) is 0 Å². The van der Waals surface area contributed by atoms with E-state index in [0.717, 1.165) is 0 Å². The Hall–Kier alpha value is -1.26. The monoisotopic (exact) mass is 285 g/mol. The Bertz CT molecular complexity index is 458. The molecule has 0 aromatic heterocycles. The van der Waals surface area contributed by atoms with Crippen LogP contribution in [0.2, 0.25) is 5.02 Å². The molecule has 0 fully saturated rings. The van der Waals surface area contributed by atoms with Crippen LogP contribution >= 0.6 is 11.6 Å². The molecule has 1 aromatic rings. The maximum Gasteiger partial charge on any atom is 0.224 e. The number of halogens is 1. The minimum atomic E-state index is -0.936. The fourth-order valence-electron chi connectivity index (χ4n) is 1.40. The fraction of sp³-hybridized carbons (Fsp3) is 0.500. The lowest BCUT2D eigenvalue weighted by Gasteiger charge is -2.27. The molecular formula is C14H20ClNO3. The topological polar surface area (TPSA) is 69.6 Å². The predicted molar refractivity (Wildman–Crippen MR) is 75.3 cm³/mol. The van der Waals surface area contributed by atoms with E-state index in [0.29, 0.717) is 10.6 Å². The average molecular weight is 286 g/mol. The van der Waals surface area contributed by atoms with Gasteiger partial charge in [-0.2, -0.15) is 0 Å². The van der Waals surface area contributed by atoms with Crippen LogP contribution in [0.3, 0.4) is 0 Å². The number of rotatable bonds is 5. The van der Waals surface area contributed by atoms with E-state index in [9.17, 15) is 15.0 Å². The lowest BCUT2D eigenvalue weighted by Crippen LogP contribution is -2.44. The normalized spacial score (nSPS) is 14.2. The summed E-state index contributed by atoms with van der Waals surface area (Å²) in [5, 5.41) is 22.3. The second-order valence-electron chi connectivity index (χ2n) is 5.24. The third-order valence-corrected chi connectivity index (χ3v) is 3.63. The van der Waals surface area contributed by atoms with E-state index >= 15 is 0 Å². The maximum absolute atomic E-state index is 11.8. The van der Waals surface area contributed by atoms with Crippen LogP contribution in [0.5, 0.6) is 5.75 Å². The molecule has 4 nitrogen and oxygen atoms in total. The van der Waals surface area contributed by atoms with Crippen molar-refractivity contribution in [1.29, 1.82) is 0 Å². The van der Waals surface area contributed by atoms with Crippen LogP contribution in [0.25, 0.3) is 0 Å². The van der Waals surface area contributed by atoms with E-state index < -0.39 is 5.60 Å². The molecule has 0 heterocycles. The Morgan fingerprint density at radius 1 is 1.47 bits per heavy atom. The summed E-state index contributed by atoms with van der Waals surface area (Å²) >= 11 is 5.92. The number of aliphatic hydroxyl groups is 1. The molecule has 5 heteroatoms. The summed E-state index contributed by atoms with van der Waals surface area (Å²) in [6.07, 6.45) is 0.118. The predicted octanol–water partition coefficient (Wildman–Crippen LogP) is 2.11. The summed E-state index contributed by atoms with van der Waals surface area (Å²) in [5.41, 5.74) is -0.296. The van der Waals surface area contributed by atoms with Gasteiger partial charge in [0.1, 0.15) is 5.75 Å². The number of nitrogens with one attached hydrogen (secondary N) is 1. The van der Waals surface area contributed by atoms with Gasteiger partial charge in [0.25, 0.3) is 0 Å². The SMILES string of the molecule is CC(C)C(C)(O)CNC(=O)Cc1ccc(O)cc1Cl. The summed E-state index contributed by atoms with van der Waals surface area (Å²) < 4.78 is 0. The van der Waals surface area contributed by atoms with Gasteiger partial charge in [0.15, 0.2) is 0 Å². The van der Waals surface area contributed by atoms with Crippen LogP contribution < -0.4 is 5.32 Å². The first-order valence-electron chi connectivity index (χ1n) is 6.19. The van der Waals surface area contributed by atoms with Gasteiger partial charge in [-0.05, 0) is 30.5 Å². The second kappa shape index (κ2) is 6.26. The molecule has 19 heavy (non-hydrogen) atoms. The lowest BCUT2D eigenvalue weighted by atomic mass is 9.92. The van der Waals surface area contributed by atoms with Crippen molar-refractivity contribution in [1.82, 2.24) is 5.32 Å². The summed E-state index contributed by atoms with van der Waals surface area (Å²) in [4.78, 5) is 11.8. The Morgan fingerprint density at radius 2 is 2.11 bits per heavy atom. The zero-order valence-electron chi connectivity index (χ0n) is 11.4. The van der Waals surface area contributed by atoms with Gasteiger partial charge in [0, 0.05) is 11.6 Å². The zero-order chi connectivity index (χ0) is 14.6. The van der Waals surface area contributed by atoms with Crippen molar-refractivity contribution in [2.75, 3.05) is 6.54 Å². The first-order valence-corrected chi connectivity index (χ1v) is 6.56. The van der Waals surface area contributed by atoms with Gasteiger partial charge in [-0.25, -0.2) is 0 Å². The van der Waals surface area contributed by atoms with Crippen LogP contribution in [0.1, 0.15) is 26.3 Å². The standard InChI is InChI=1S/C14H20ClNO3/c1-9(2)14(3,19)8-16-13(18)6-10-4-5-11(17)7-12(10)15/h4-5,7,9,17,19H,6,8H2,1-3H3,(H,16,18). The van der Waals surface area contributed by atoms with Crippen LogP contribution in [-0.2, 0) is 11.2 Å². The van der Waals surface area contributed by atoms with Crippen molar-refractivity contribution in [2.24, 2.45) is 5.92 Å². The Kier molecular flexibility index (Phi) is 5.20. The molecule has 0 saturated carbocycles. The molecule has 0 saturated heterocycles. The van der Waals surface area contributed by atoms with Gasteiger partial charge in [-0.1, -0.05) is 31.5 Å². The number of hydrogen-bond acceptors (Lipinski definition) is 3. The van der Waals surface area contributed by atoms with E-state index in [2.05, 4.69) is 5.32 Å². The number of benzene rings is 1. The number of carbonyl (C=O) groups is 1. The number of phenols is 1. The molecule has 1 rings (SSSR count). The number of carbonyl (C=O) groups excluding carboxylic acids is 1. The van der Waals surface area contributed by atoms with Crippen molar-refractivity contribution in [3.05, 3.63) is 28.8 Å². The molecule has 0 spiro atoms. The Morgan fingerprint density at radius 3 is 2.63 bits per heavy atom. The molecule has 0 aliphatic carbocycles. The smallest absolute Gasteiger partial charge is 0.224 e. The van der Waals surface area contributed by atoms with Gasteiger partial charge >= 0.3 is 0 Å². The van der Waals surface area contributed by atoms with Crippen LogP contribution in [0.15, 0.2) is 18.2 Å². The number of hydrogen-bond donors (Lipinski definition) is 3. The first-order chi connectivity index (χ1) is 8.72. The summed E-state index contributed by atoms with van der Waals surface area (Å²) in [7, 11) is 0. The highest BCUT2D eigenvalue weighted by Crippen LogP contribution is 2.22. The highest BCUT2D eigenvalue weighted by atomic mass is 35.5. The van der Waals surface area contributed by atoms with Crippen molar-refractivity contribution in [3.8, 4) is 5.75 Å². The van der Waals surface area contributed by atoms with E-state index in [1.54, 1.807) is 13.0 Å². The van der Waals surface area contributed by atoms with Crippen molar-refractivity contribution in [3.63, 3.8) is 0 Å². The van der Waals surface area contributed by atoms with E-state index in [-0.39, 0.29) is 30.5 Å². The molecule has 1 amide bonds. The highest BCUT2D eigenvalue weighted by Gasteiger charge is 2.25. The molecule has 0 aliphatic rings. The fourth-order valence-corrected chi connectivity index (χ4v) is 1.64. The summed E-state index contributed by atoms with van der Waals surface area (Å²) in [6.45, 7) is 5.66. The number of amides is 1. The summed E-state index contributed by atoms with van der Waals surface area (Å²) in [6, 6.07) is 4.49. The van der Waals surface area contributed by atoms with Crippen LogP contribution in [-0.4, -0.2) is 28.3 Å². The molecular weight excluding hydrogens is 266 g/mol. The second-order valence-corrected chi connectivity index (χ2v) is 5.65. The quantitative estimate of drug-likeness (QED) is 0.776. The van der Waals surface area contributed by atoms with Gasteiger partial charge in [0.2, 0.25) is 5.91 Å². The largest absolute Gasteiger partial charge is 0.508 e. The first kappa shape index (κ1) is 15.8. The van der Waals surface area contributed by atoms with Crippen molar-refractivity contribution in [2.45, 2.75) is 32.8 Å². The minimum absolute atomic E-state index is 0.0464. The van der Waals surface area contributed by atoms with Gasteiger partial charge < -0.3 is 15.5 Å². The van der Waals surface area contributed by atoms with Crippen LogP contribution in [0, 0.1) is 5.92 Å². The number of aromatic hydroxyl groups is 1. The summed E-state index contributed by atoms with van der Waals surface area (Å²) in [5.74, 6) is -0.101. The Balaban J connectivity index is 2.57. The minimum Gasteiger partial charge on any atom is -0.508 e. The molecule has 106 valence electrons. The molecule has 1 atom stereocenters. The van der Waals surface area contributed by atoms with Crippen molar-refractivity contribution < 1.29 is 15.0 Å². The maximum atomic E-state index is 11.8. The highest BCUT2D eigenvalue weighted by molar-refractivity contribution is 6.31. The molecule has 0 radical (unpaired) electrons. The molecule has 1 unspecified atom stereocenters. The van der Waals surface area contributed by atoms with Gasteiger partial charge in [0.05, 0.1) is 12.0 Å². The molecule has 0 aliphatic heterocycles. The van der Waals surface area contributed by atoms with Crippen molar-refractivity contribution >= 4 is 17.5 Å². The van der Waals surface area contributed by atoms with E-state index in [1.807, 2.05) is 13.8 Å². The zero-order valence-corrected chi connectivity index (χ0v) is 12.2. The molecule has 0 bridgehead atoms. The number of phenolic OH excluding ortho intramolecular Hbond substituents is 1. The lowest BCUT2D eigenvalue weighted by molar-refractivity contribution is -0.122. The van der Waals surface area contributed by atoms with Gasteiger partial charge in [-0.3, -0.25) is 4.79 Å². The molecule has 1 aromatic carbocycles. The van der Waals surface area contributed by atoms with E-state index in [1.165, 1.54) is 12.1 Å². The van der Waals surface area contributed by atoms with E-state index in [4.69, 9.17) is 11.6 Å². The van der Waals surface area contributed by atoms with Crippen LogP contribution in [0.4, 0.5) is 0 Å².